The van der Waals surface area contributed by atoms with Gasteiger partial charge in [0.25, 0.3) is 0 Å². The molecule has 0 fully saturated rings. The van der Waals surface area contributed by atoms with Gasteiger partial charge in [0.1, 0.15) is 0 Å². The minimum absolute atomic E-state index is 0.188. The van der Waals surface area contributed by atoms with Crippen LogP contribution in [0.5, 0.6) is 5.88 Å². The first kappa shape index (κ1) is 16.2. The van der Waals surface area contributed by atoms with Gasteiger partial charge in [0.05, 0.1) is 12.6 Å². The van der Waals surface area contributed by atoms with Crippen LogP contribution >= 0.6 is 0 Å². The maximum atomic E-state index is 13.1. The van der Waals surface area contributed by atoms with Gasteiger partial charge < -0.3 is 9.72 Å². The third kappa shape index (κ3) is 2.50. The van der Waals surface area contributed by atoms with Crippen molar-refractivity contribution in [2.24, 2.45) is 0 Å². The molecule has 0 atom stereocenters. The van der Waals surface area contributed by atoms with Gasteiger partial charge in [0, 0.05) is 28.6 Å². The van der Waals surface area contributed by atoms with E-state index in [0.29, 0.717) is 22.0 Å². The van der Waals surface area contributed by atoms with Crippen LogP contribution in [0.2, 0.25) is 0 Å². The lowest BCUT2D eigenvalue weighted by molar-refractivity contribution is -0.141. The van der Waals surface area contributed by atoms with Gasteiger partial charge in [-0.2, -0.15) is 22.8 Å². The van der Waals surface area contributed by atoms with E-state index in [4.69, 9.17) is 4.74 Å². The molecule has 0 saturated heterocycles. The highest BCUT2D eigenvalue weighted by molar-refractivity contribution is 5.98. The van der Waals surface area contributed by atoms with E-state index in [1.807, 2.05) is 0 Å². The summed E-state index contributed by atoms with van der Waals surface area (Å²) in [6.07, 6.45) is -4.57. The highest BCUT2D eigenvalue weighted by atomic mass is 19.4. The van der Waals surface area contributed by atoms with Gasteiger partial charge in [-0.15, -0.1) is 0 Å². The molecule has 0 aliphatic carbocycles. The lowest BCUT2D eigenvalue weighted by atomic mass is 10.0. The fourth-order valence-corrected chi connectivity index (χ4v) is 2.99. The second-order valence-electron chi connectivity index (χ2n) is 5.70. The van der Waals surface area contributed by atoms with E-state index in [1.165, 1.54) is 13.2 Å². The number of alkyl halides is 3. The molecular weight excluding hydrogens is 347 g/mol. The molecule has 1 aromatic carbocycles. The maximum Gasteiger partial charge on any atom is 0.435 e. The zero-order valence-corrected chi connectivity index (χ0v) is 13.5. The summed E-state index contributed by atoms with van der Waals surface area (Å²) >= 11 is 0. The summed E-state index contributed by atoms with van der Waals surface area (Å²) in [6, 6.07) is 12.5. The van der Waals surface area contributed by atoms with Crippen LogP contribution in [0.25, 0.3) is 27.5 Å². The first-order valence-electron chi connectivity index (χ1n) is 7.65. The Kier molecular flexibility index (Phi) is 3.50. The molecule has 0 bridgehead atoms. The van der Waals surface area contributed by atoms with Crippen molar-refractivity contribution in [3.05, 3.63) is 64.6 Å². The fraction of sp³-hybridized carbons (Fsp3) is 0.111. The zero-order valence-electron chi connectivity index (χ0n) is 13.5. The highest BCUT2D eigenvalue weighted by Crippen LogP contribution is 2.36. The Bertz CT molecular complexity index is 1190. The molecule has 0 radical (unpaired) electrons. The lowest BCUT2D eigenvalue weighted by Gasteiger charge is -2.10. The fourth-order valence-electron chi connectivity index (χ4n) is 2.99. The number of rotatable bonds is 2. The molecule has 0 unspecified atom stereocenters. The smallest absolute Gasteiger partial charge is 0.435 e. The van der Waals surface area contributed by atoms with Crippen LogP contribution in [0.15, 0.2) is 53.3 Å². The molecule has 0 saturated carbocycles. The number of fused-ring (bicyclic) bond motifs is 2. The Labute approximate surface area is 144 Å². The average Bonchev–Trinajstić information content (AvgIpc) is 3.06. The topological polar surface area (TPSA) is 59.4 Å². The molecule has 4 rings (SSSR count). The maximum absolute atomic E-state index is 13.1. The van der Waals surface area contributed by atoms with E-state index in [0.717, 1.165) is 10.6 Å². The number of hydrogen-bond acceptors (Lipinski definition) is 3. The number of hydrogen-bond donors (Lipinski definition) is 1. The van der Waals surface area contributed by atoms with Gasteiger partial charge in [-0.25, -0.2) is 0 Å². The van der Waals surface area contributed by atoms with Gasteiger partial charge in [-0.05, 0) is 29.8 Å². The van der Waals surface area contributed by atoms with Crippen molar-refractivity contribution in [1.82, 2.24) is 14.6 Å². The van der Waals surface area contributed by atoms with E-state index in [-0.39, 0.29) is 17.0 Å². The molecule has 1 N–H and O–H groups in total. The summed E-state index contributed by atoms with van der Waals surface area (Å²) in [6.45, 7) is 0. The summed E-state index contributed by atoms with van der Waals surface area (Å²) in [5, 5.41) is 4.36. The molecule has 0 aliphatic heterocycles. The first-order valence-corrected chi connectivity index (χ1v) is 7.65. The average molecular weight is 359 g/mol. The summed E-state index contributed by atoms with van der Waals surface area (Å²) in [5.41, 5.74) is 0.830. The Morgan fingerprint density at radius 1 is 1.08 bits per heavy atom. The Hall–Kier alpha value is -3.29. The molecule has 132 valence electrons. The minimum Gasteiger partial charge on any atom is -0.481 e. The number of aromatic amines is 1. The SMILES string of the molecule is COc1ccc(-c2cccc3[nH]c(=O)ccc23)c2cc(C(F)(F)F)nn12. The number of methoxy groups -OCH3 is 1. The number of H-pyrrole nitrogens is 1. The third-order valence-corrected chi connectivity index (χ3v) is 4.14. The van der Waals surface area contributed by atoms with E-state index < -0.39 is 11.9 Å². The monoisotopic (exact) mass is 359 g/mol. The quantitative estimate of drug-likeness (QED) is 0.591. The van der Waals surface area contributed by atoms with Gasteiger partial charge in [-0.1, -0.05) is 12.1 Å². The van der Waals surface area contributed by atoms with Crippen LogP contribution in [0.1, 0.15) is 5.69 Å². The summed E-state index contributed by atoms with van der Waals surface area (Å²) in [7, 11) is 1.37. The Morgan fingerprint density at radius 2 is 1.88 bits per heavy atom. The van der Waals surface area contributed by atoms with Crippen molar-refractivity contribution in [1.29, 1.82) is 0 Å². The van der Waals surface area contributed by atoms with Crippen molar-refractivity contribution in [3.63, 3.8) is 0 Å². The summed E-state index contributed by atoms with van der Waals surface area (Å²) in [4.78, 5) is 14.2. The molecule has 5 nitrogen and oxygen atoms in total. The lowest BCUT2D eigenvalue weighted by Crippen LogP contribution is -2.06. The standard InChI is InChI=1S/C18H12F3N3O2/c1-26-17-8-6-12(14-9-15(18(19,20)21)23-24(14)17)10-3-2-4-13-11(10)5-7-16(25)22-13/h2-9H,1H3,(H,22,25). The van der Waals surface area contributed by atoms with Crippen LogP contribution < -0.4 is 10.3 Å². The minimum atomic E-state index is -4.57. The molecule has 8 heteroatoms. The largest absolute Gasteiger partial charge is 0.481 e. The van der Waals surface area contributed by atoms with E-state index in [1.54, 1.807) is 36.4 Å². The number of benzene rings is 1. The van der Waals surface area contributed by atoms with Crippen LogP contribution in [-0.4, -0.2) is 21.7 Å². The predicted molar refractivity (Wildman–Crippen MR) is 90.3 cm³/mol. The van der Waals surface area contributed by atoms with Crippen molar-refractivity contribution >= 4 is 16.4 Å². The number of nitrogens with one attached hydrogen (secondary N) is 1. The number of halogens is 3. The van der Waals surface area contributed by atoms with Crippen molar-refractivity contribution in [3.8, 4) is 17.0 Å². The van der Waals surface area contributed by atoms with E-state index in [9.17, 15) is 18.0 Å². The Balaban J connectivity index is 2.07. The number of pyridine rings is 2. The molecular formula is C18H12F3N3O2. The van der Waals surface area contributed by atoms with Gasteiger partial charge in [0.2, 0.25) is 11.4 Å². The number of nitrogens with zero attached hydrogens (tertiary/aromatic N) is 2. The number of ether oxygens (including phenoxy) is 1. The molecule has 3 aromatic heterocycles. The van der Waals surface area contributed by atoms with Crippen molar-refractivity contribution in [2.45, 2.75) is 6.18 Å². The summed E-state index contributed by atoms with van der Waals surface area (Å²) in [5.74, 6) is 0.188. The van der Waals surface area contributed by atoms with Gasteiger partial charge in [0.15, 0.2) is 5.69 Å². The first-order chi connectivity index (χ1) is 12.4. The molecule has 26 heavy (non-hydrogen) atoms. The highest BCUT2D eigenvalue weighted by Gasteiger charge is 2.35. The van der Waals surface area contributed by atoms with Gasteiger partial charge in [-0.3, -0.25) is 4.79 Å². The van der Waals surface area contributed by atoms with Crippen LogP contribution in [0.4, 0.5) is 13.2 Å². The molecule has 0 amide bonds. The van der Waals surface area contributed by atoms with Crippen molar-refractivity contribution in [2.75, 3.05) is 7.11 Å². The molecule has 4 aromatic rings. The third-order valence-electron chi connectivity index (χ3n) is 4.14. The molecule has 0 spiro atoms. The van der Waals surface area contributed by atoms with Crippen molar-refractivity contribution < 1.29 is 17.9 Å². The zero-order chi connectivity index (χ0) is 18.5. The van der Waals surface area contributed by atoms with Crippen LogP contribution in [0, 0.1) is 0 Å². The Morgan fingerprint density at radius 3 is 2.62 bits per heavy atom. The number of aromatic nitrogens is 3. The normalized spacial score (nSPS) is 12.0. The van der Waals surface area contributed by atoms with Crippen LogP contribution in [-0.2, 0) is 6.18 Å². The van der Waals surface area contributed by atoms with E-state index >= 15 is 0 Å². The second kappa shape index (κ2) is 5.62. The molecule has 3 heterocycles. The van der Waals surface area contributed by atoms with Gasteiger partial charge >= 0.3 is 6.18 Å². The van der Waals surface area contributed by atoms with Crippen LogP contribution in [0.3, 0.4) is 0 Å². The molecule has 0 aliphatic rings. The second-order valence-corrected chi connectivity index (χ2v) is 5.70. The van der Waals surface area contributed by atoms with E-state index in [2.05, 4.69) is 10.1 Å². The summed E-state index contributed by atoms with van der Waals surface area (Å²) < 4.78 is 45.7. The predicted octanol–water partition coefficient (Wildman–Crippen LogP) is 3.87.